The van der Waals surface area contributed by atoms with Crippen molar-refractivity contribution in [1.82, 2.24) is 9.97 Å². The zero-order chi connectivity index (χ0) is 13.0. The fourth-order valence-corrected chi connectivity index (χ4v) is 2.67. The van der Waals surface area contributed by atoms with Gasteiger partial charge in [-0.1, -0.05) is 12.8 Å². The van der Waals surface area contributed by atoms with E-state index in [1.54, 1.807) is 7.11 Å². The molecule has 0 saturated heterocycles. The number of hydrogen-bond donors (Lipinski definition) is 1. The third kappa shape index (κ3) is 2.90. The summed E-state index contributed by atoms with van der Waals surface area (Å²) < 4.78 is 5.08. The van der Waals surface area contributed by atoms with E-state index in [9.17, 15) is 0 Å². The van der Waals surface area contributed by atoms with Crippen molar-refractivity contribution in [3.05, 3.63) is 11.9 Å². The molecule has 1 saturated carbocycles. The number of anilines is 2. The highest BCUT2D eigenvalue weighted by Gasteiger charge is 2.23. The van der Waals surface area contributed by atoms with Crippen LogP contribution in [0, 0.1) is 0 Å². The highest BCUT2D eigenvalue weighted by atomic mass is 16.5. The molecule has 5 nitrogen and oxygen atoms in total. The van der Waals surface area contributed by atoms with Gasteiger partial charge in [0.05, 0.1) is 0 Å². The molecule has 0 radical (unpaired) electrons. The number of hydrogen-bond acceptors (Lipinski definition) is 5. The Bertz CT molecular complexity index is 391. The average Bonchev–Trinajstić information content (AvgIpc) is 2.83. The highest BCUT2D eigenvalue weighted by molar-refractivity contribution is 5.47. The van der Waals surface area contributed by atoms with Gasteiger partial charge >= 0.3 is 0 Å². The normalized spacial score (nSPS) is 16.1. The van der Waals surface area contributed by atoms with Crippen LogP contribution in [-0.4, -0.2) is 29.7 Å². The first-order valence-corrected chi connectivity index (χ1v) is 6.63. The lowest BCUT2D eigenvalue weighted by Crippen LogP contribution is -2.34. The molecule has 1 aromatic rings. The van der Waals surface area contributed by atoms with Crippen LogP contribution in [0.5, 0.6) is 0 Å². The van der Waals surface area contributed by atoms with Gasteiger partial charge in [0.1, 0.15) is 18.2 Å². The molecule has 0 aliphatic heterocycles. The van der Waals surface area contributed by atoms with E-state index >= 15 is 0 Å². The molecule has 1 aromatic heterocycles. The first kappa shape index (κ1) is 13.1. The minimum atomic E-state index is 0.403. The van der Waals surface area contributed by atoms with E-state index in [1.165, 1.54) is 25.7 Å². The highest BCUT2D eigenvalue weighted by Crippen LogP contribution is 2.27. The maximum Gasteiger partial charge on any atom is 0.158 e. The third-order valence-electron chi connectivity index (χ3n) is 3.45. The first-order valence-electron chi connectivity index (χ1n) is 6.63. The summed E-state index contributed by atoms with van der Waals surface area (Å²) in [5, 5.41) is 0. The van der Waals surface area contributed by atoms with Gasteiger partial charge in [-0.3, -0.25) is 0 Å². The number of rotatable bonds is 5. The van der Waals surface area contributed by atoms with Crippen LogP contribution in [0.1, 0.15) is 38.4 Å². The summed E-state index contributed by atoms with van der Waals surface area (Å²) in [6, 6.07) is 2.46. The lowest BCUT2D eigenvalue weighted by atomic mass is 10.2. The minimum absolute atomic E-state index is 0.403. The summed E-state index contributed by atoms with van der Waals surface area (Å²) in [6.45, 7) is 3.51. The Balaban J connectivity index is 2.23. The summed E-state index contributed by atoms with van der Waals surface area (Å²) in [6.07, 6.45) is 5.12. The molecule has 2 N–H and O–H groups in total. The van der Waals surface area contributed by atoms with E-state index in [2.05, 4.69) is 21.8 Å². The maximum absolute atomic E-state index is 5.85. The van der Waals surface area contributed by atoms with Crippen LogP contribution in [0.4, 0.5) is 11.6 Å². The summed E-state index contributed by atoms with van der Waals surface area (Å²) >= 11 is 0. The molecular weight excluding hydrogens is 228 g/mol. The summed E-state index contributed by atoms with van der Waals surface area (Å²) in [5.74, 6) is 2.11. The predicted octanol–water partition coefficient (Wildman–Crippen LogP) is 1.97. The topological polar surface area (TPSA) is 64.3 Å². The molecule has 1 fully saturated rings. The molecule has 18 heavy (non-hydrogen) atoms. The number of nitrogen functional groups attached to an aromatic ring is 1. The van der Waals surface area contributed by atoms with Gasteiger partial charge in [-0.2, -0.15) is 0 Å². The Hall–Kier alpha value is -1.36. The van der Waals surface area contributed by atoms with Crippen molar-refractivity contribution in [3.8, 4) is 0 Å². The van der Waals surface area contributed by atoms with Crippen LogP contribution >= 0.6 is 0 Å². The van der Waals surface area contributed by atoms with Crippen molar-refractivity contribution in [2.75, 3.05) is 24.3 Å². The summed E-state index contributed by atoms with van der Waals surface area (Å²) in [7, 11) is 1.64. The molecule has 0 aromatic carbocycles. The van der Waals surface area contributed by atoms with Gasteiger partial charge in [-0.05, 0) is 19.8 Å². The number of methoxy groups -OCH3 is 1. The summed E-state index contributed by atoms with van der Waals surface area (Å²) in [5.41, 5.74) is 5.85. The van der Waals surface area contributed by atoms with Crippen molar-refractivity contribution in [3.63, 3.8) is 0 Å². The van der Waals surface area contributed by atoms with Crippen molar-refractivity contribution in [2.24, 2.45) is 0 Å². The molecule has 2 rings (SSSR count). The van der Waals surface area contributed by atoms with Gasteiger partial charge in [0.15, 0.2) is 5.82 Å². The van der Waals surface area contributed by atoms with Crippen LogP contribution in [0.2, 0.25) is 0 Å². The third-order valence-corrected chi connectivity index (χ3v) is 3.45. The van der Waals surface area contributed by atoms with Gasteiger partial charge in [0, 0.05) is 25.8 Å². The number of aromatic nitrogens is 2. The number of nitrogens with zero attached hydrogens (tertiary/aromatic N) is 3. The Morgan fingerprint density at radius 2 is 2.11 bits per heavy atom. The van der Waals surface area contributed by atoms with E-state index in [-0.39, 0.29) is 0 Å². The summed E-state index contributed by atoms with van der Waals surface area (Å²) in [4.78, 5) is 11.1. The molecule has 1 aliphatic carbocycles. The van der Waals surface area contributed by atoms with Crippen LogP contribution in [0.15, 0.2) is 6.07 Å². The smallest absolute Gasteiger partial charge is 0.158 e. The maximum atomic E-state index is 5.85. The molecule has 100 valence electrons. The van der Waals surface area contributed by atoms with Gasteiger partial charge in [0.25, 0.3) is 0 Å². The largest absolute Gasteiger partial charge is 0.384 e. The van der Waals surface area contributed by atoms with E-state index < -0.39 is 0 Å². The van der Waals surface area contributed by atoms with Crippen LogP contribution < -0.4 is 10.6 Å². The number of ether oxygens (including phenoxy) is 1. The minimum Gasteiger partial charge on any atom is -0.384 e. The second-order valence-corrected chi connectivity index (χ2v) is 4.72. The molecule has 5 heteroatoms. The van der Waals surface area contributed by atoms with Crippen LogP contribution in [-0.2, 0) is 11.3 Å². The van der Waals surface area contributed by atoms with E-state index in [1.807, 2.05) is 6.07 Å². The lowest BCUT2D eigenvalue weighted by molar-refractivity contribution is 0.178. The fourth-order valence-electron chi connectivity index (χ4n) is 2.67. The Morgan fingerprint density at radius 3 is 2.72 bits per heavy atom. The second kappa shape index (κ2) is 6.00. The van der Waals surface area contributed by atoms with Crippen LogP contribution in [0.3, 0.4) is 0 Å². The van der Waals surface area contributed by atoms with Gasteiger partial charge in [-0.15, -0.1) is 0 Å². The monoisotopic (exact) mass is 250 g/mol. The average molecular weight is 250 g/mol. The SMILES string of the molecule is CCN(c1cc(N)nc(COC)n1)C1CCCC1. The molecule has 0 spiro atoms. The van der Waals surface area contributed by atoms with Crippen molar-refractivity contribution in [1.29, 1.82) is 0 Å². The van der Waals surface area contributed by atoms with E-state index in [4.69, 9.17) is 10.5 Å². The van der Waals surface area contributed by atoms with Crippen molar-refractivity contribution >= 4 is 11.6 Å². The van der Waals surface area contributed by atoms with Crippen molar-refractivity contribution in [2.45, 2.75) is 45.3 Å². The molecule has 0 amide bonds. The van der Waals surface area contributed by atoms with E-state index in [0.717, 1.165) is 12.4 Å². The fraction of sp³-hybridized carbons (Fsp3) is 0.692. The van der Waals surface area contributed by atoms with E-state index in [0.29, 0.717) is 24.3 Å². The second-order valence-electron chi connectivity index (χ2n) is 4.72. The molecule has 1 aliphatic rings. The van der Waals surface area contributed by atoms with Gasteiger partial charge < -0.3 is 15.4 Å². The first-order chi connectivity index (χ1) is 8.74. The molecule has 0 unspecified atom stereocenters. The van der Waals surface area contributed by atoms with Gasteiger partial charge in [0.2, 0.25) is 0 Å². The molecule has 1 heterocycles. The Kier molecular flexibility index (Phi) is 4.36. The van der Waals surface area contributed by atoms with Crippen LogP contribution in [0.25, 0.3) is 0 Å². The zero-order valence-corrected chi connectivity index (χ0v) is 11.2. The zero-order valence-electron chi connectivity index (χ0n) is 11.2. The Morgan fingerprint density at radius 1 is 1.39 bits per heavy atom. The molecule has 0 atom stereocenters. The predicted molar refractivity (Wildman–Crippen MR) is 72.4 cm³/mol. The quantitative estimate of drug-likeness (QED) is 0.865. The Labute approximate surface area is 108 Å². The van der Waals surface area contributed by atoms with Crippen molar-refractivity contribution < 1.29 is 4.74 Å². The molecular formula is C13H22N4O. The van der Waals surface area contributed by atoms with Gasteiger partial charge in [-0.25, -0.2) is 9.97 Å². The molecule has 0 bridgehead atoms. The lowest BCUT2D eigenvalue weighted by Gasteiger charge is -2.29. The standard InChI is InChI=1S/C13H22N4O/c1-3-17(10-6-4-5-7-10)13-8-11(14)15-12(16-13)9-18-2/h8,10H,3-7,9H2,1-2H3,(H2,14,15,16). The number of nitrogens with two attached hydrogens (primary N) is 1.